The molecule has 0 saturated heterocycles. The first-order chi connectivity index (χ1) is 8.21. The molecule has 2 atom stereocenters. The van der Waals surface area contributed by atoms with Crippen molar-refractivity contribution < 1.29 is 4.74 Å². The molecule has 0 spiro atoms. The lowest BCUT2D eigenvalue weighted by molar-refractivity contribution is 0.0339. The van der Waals surface area contributed by atoms with Crippen LogP contribution < -0.4 is 5.32 Å². The van der Waals surface area contributed by atoms with Crippen molar-refractivity contribution in [1.29, 1.82) is 0 Å². The highest BCUT2D eigenvalue weighted by Gasteiger charge is 2.18. The van der Waals surface area contributed by atoms with E-state index in [2.05, 4.69) is 18.3 Å². The lowest BCUT2D eigenvalue weighted by Gasteiger charge is -2.26. The van der Waals surface area contributed by atoms with Crippen LogP contribution in [0.4, 0.5) is 0 Å². The molecule has 0 amide bonds. The van der Waals surface area contributed by atoms with E-state index in [9.17, 15) is 0 Å². The van der Waals surface area contributed by atoms with Gasteiger partial charge in [0.2, 0.25) is 0 Å². The maximum absolute atomic E-state index is 5.99. The van der Waals surface area contributed by atoms with Gasteiger partial charge in [0.25, 0.3) is 0 Å². The van der Waals surface area contributed by atoms with Gasteiger partial charge in [-0.15, -0.1) is 0 Å². The Kier molecular flexibility index (Phi) is 6.56. The van der Waals surface area contributed by atoms with Crippen molar-refractivity contribution in [3.05, 3.63) is 34.9 Å². The van der Waals surface area contributed by atoms with Crippen LogP contribution in [-0.4, -0.2) is 25.8 Å². The highest BCUT2D eigenvalue weighted by molar-refractivity contribution is 6.30. The van der Waals surface area contributed by atoms with Crippen LogP contribution in [0.25, 0.3) is 0 Å². The lowest BCUT2D eigenvalue weighted by Crippen LogP contribution is -2.40. The quantitative estimate of drug-likeness (QED) is 0.807. The van der Waals surface area contributed by atoms with Gasteiger partial charge in [0.15, 0.2) is 0 Å². The minimum absolute atomic E-state index is 0.254. The second-order valence-corrected chi connectivity index (χ2v) is 4.57. The third-order valence-electron chi connectivity index (χ3n) is 2.95. The highest BCUT2D eigenvalue weighted by Crippen LogP contribution is 2.15. The number of halogens is 1. The minimum Gasteiger partial charge on any atom is -0.377 e. The molecule has 2 nitrogen and oxygen atoms in total. The fourth-order valence-corrected chi connectivity index (χ4v) is 2.28. The number of benzene rings is 1. The van der Waals surface area contributed by atoms with Gasteiger partial charge in [-0.05, 0) is 44.5 Å². The Labute approximate surface area is 109 Å². The van der Waals surface area contributed by atoms with Crippen LogP contribution in [0.3, 0.4) is 0 Å². The van der Waals surface area contributed by atoms with Gasteiger partial charge < -0.3 is 10.1 Å². The van der Waals surface area contributed by atoms with Crippen LogP contribution in [0.5, 0.6) is 0 Å². The Morgan fingerprint density at radius 3 is 2.65 bits per heavy atom. The first kappa shape index (κ1) is 14.5. The molecule has 1 N–H and O–H groups in total. The van der Waals surface area contributed by atoms with E-state index in [0.717, 1.165) is 24.5 Å². The molecule has 1 rings (SSSR count). The number of hydrogen-bond donors (Lipinski definition) is 1. The van der Waals surface area contributed by atoms with Gasteiger partial charge in [0.05, 0.1) is 6.10 Å². The molecule has 0 aliphatic rings. The van der Waals surface area contributed by atoms with E-state index in [4.69, 9.17) is 16.3 Å². The summed E-state index contributed by atoms with van der Waals surface area (Å²) in [4.78, 5) is 0. The predicted octanol–water partition coefficient (Wildman–Crippen LogP) is 3.29. The SMILES string of the molecule is CCOC(CC)C(Cc1cccc(Cl)c1)NC. The zero-order valence-corrected chi connectivity index (χ0v) is 11.6. The third kappa shape index (κ3) is 4.66. The Balaban J connectivity index is 2.68. The Hall–Kier alpha value is -0.570. The van der Waals surface area contributed by atoms with E-state index in [0.29, 0.717) is 6.04 Å². The van der Waals surface area contributed by atoms with Crippen LogP contribution in [0.1, 0.15) is 25.8 Å². The molecular weight excluding hydrogens is 234 g/mol. The van der Waals surface area contributed by atoms with E-state index in [1.165, 1.54) is 5.56 Å². The van der Waals surface area contributed by atoms with E-state index >= 15 is 0 Å². The second-order valence-electron chi connectivity index (χ2n) is 4.13. The van der Waals surface area contributed by atoms with Gasteiger partial charge in [-0.25, -0.2) is 0 Å². The summed E-state index contributed by atoms with van der Waals surface area (Å²) in [6.07, 6.45) is 2.21. The molecule has 17 heavy (non-hydrogen) atoms. The van der Waals surface area contributed by atoms with Gasteiger partial charge in [-0.2, -0.15) is 0 Å². The fraction of sp³-hybridized carbons (Fsp3) is 0.571. The zero-order valence-electron chi connectivity index (χ0n) is 10.9. The van der Waals surface area contributed by atoms with Crippen molar-refractivity contribution in [2.75, 3.05) is 13.7 Å². The summed E-state index contributed by atoms with van der Waals surface area (Å²) >= 11 is 5.99. The van der Waals surface area contributed by atoms with Gasteiger partial charge in [-0.3, -0.25) is 0 Å². The average molecular weight is 256 g/mol. The Morgan fingerprint density at radius 1 is 1.35 bits per heavy atom. The number of nitrogens with one attached hydrogen (secondary N) is 1. The van der Waals surface area contributed by atoms with Gasteiger partial charge in [0, 0.05) is 17.7 Å². The summed E-state index contributed by atoms with van der Waals surface area (Å²) in [7, 11) is 1.98. The third-order valence-corrected chi connectivity index (χ3v) is 3.18. The zero-order chi connectivity index (χ0) is 12.7. The maximum Gasteiger partial charge on any atom is 0.0728 e. The summed E-state index contributed by atoms with van der Waals surface area (Å²) in [5.41, 5.74) is 1.25. The summed E-state index contributed by atoms with van der Waals surface area (Å²) in [6, 6.07) is 8.35. The predicted molar refractivity (Wildman–Crippen MR) is 73.7 cm³/mol. The van der Waals surface area contributed by atoms with Crippen molar-refractivity contribution >= 4 is 11.6 Å². The first-order valence-electron chi connectivity index (χ1n) is 6.24. The largest absolute Gasteiger partial charge is 0.377 e. The molecule has 0 aromatic heterocycles. The van der Waals surface area contributed by atoms with Crippen molar-refractivity contribution in [2.24, 2.45) is 0 Å². The van der Waals surface area contributed by atoms with Crippen LogP contribution in [0.2, 0.25) is 5.02 Å². The second kappa shape index (κ2) is 7.70. The number of rotatable bonds is 7. The minimum atomic E-state index is 0.254. The molecule has 2 unspecified atom stereocenters. The Bertz CT molecular complexity index is 330. The first-order valence-corrected chi connectivity index (χ1v) is 6.62. The summed E-state index contributed by atoms with van der Waals surface area (Å²) < 4.78 is 5.75. The van der Waals surface area contributed by atoms with E-state index in [-0.39, 0.29) is 6.10 Å². The van der Waals surface area contributed by atoms with Gasteiger partial charge in [0.1, 0.15) is 0 Å². The summed E-state index contributed by atoms with van der Waals surface area (Å²) in [5, 5.41) is 4.13. The highest BCUT2D eigenvalue weighted by atomic mass is 35.5. The Morgan fingerprint density at radius 2 is 2.12 bits per heavy atom. The number of ether oxygens (including phenoxy) is 1. The number of hydrogen-bond acceptors (Lipinski definition) is 2. The van der Waals surface area contributed by atoms with Crippen LogP contribution in [-0.2, 0) is 11.2 Å². The van der Waals surface area contributed by atoms with E-state index in [1.54, 1.807) is 0 Å². The molecule has 0 aliphatic carbocycles. The molecule has 1 aromatic carbocycles. The molecule has 0 radical (unpaired) electrons. The normalized spacial score (nSPS) is 14.6. The topological polar surface area (TPSA) is 21.3 Å². The van der Waals surface area contributed by atoms with Crippen molar-refractivity contribution in [1.82, 2.24) is 5.32 Å². The molecule has 0 saturated carbocycles. The van der Waals surface area contributed by atoms with Crippen molar-refractivity contribution in [3.63, 3.8) is 0 Å². The van der Waals surface area contributed by atoms with Crippen LogP contribution >= 0.6 is 11.6 Å². The van der Waals surface area contributed by atoms with Crippen molar-refractivity contribution in [2.45, 2.75) is 38.8 Å². The molecule has 3 heteroatoms. The monoisotopic (exact) mass is 255 g/mol. The summed E-state index contributed by atoms with van der Waals surface area (Å²) in [6.45, 7) is 4.95. The lowest BCUT2D eigenvalue weighted by atomic mass is 10.00. The van der Waals surface area contributed by atoms with Crippen molar-refractivity contribution in [3.8, 4) is 0 Å². The number of likely N-dealkylation sites (N-methyl/N-ethyl adjacent to an activating group) is 1. The molecule has 0 aliphatic heterocycles. The summed E-state index contributed by atoms with van der Waals surface area (Å²) in [5.74, 6) is 0. The van der Waals surface area contributed by atoms with Gasteiger partial charge >= 0.3 is 0 Å². The maximum atomic E-state index is 5.99. The van der Waals surface area contributed by atoms with E-state index < -0.39 is 0 Å². The van der Waals surface area contributed by atoms with Crippen LogP contribution in [0.15, 0.2) is 24.3 Å². The smallest absolute Gasteiger partial charge is 0.0728 e. The fourth-order valence-electron chi connectivity index (χ4n) is 2.07. The molecule has 96 valence electrons. The molecule has 0 bridgehead atoms. The molecule has 0 fully saturated rings. The average Bonchev–Trinajstić information content (AvgIpc) is 2.33. The van der Waals surface area contributed by atoms with Crippen LogP contribution in [0, 0.1) is 0 Å². The van der Waals surface area contributed by atoms with E-state index in [1.807, 2.05) is 32.2 Å². The molecule has 1 aromatic rings. The van der Waals surface area contributed by atoms with Gasteiger partial charge in [-0.1, -0.05) is 30.7 Å². The molecule has 0 heterocycles. The standard InChI is InChI=1S/C14H22ClNO/c1-4-14(17-5-2)13(16-3)10-11-7-6-8-12(15)9-11/h6-9,13-14,16H,4-5,10H2,1-3H3. The molecular formula is C14H22ClNO.